The largest absolute Gasteiger partial charge is 0.478 e. The lowest BCUT2D eigenvalue weighted by atomic mass is 10.1. The van der Waals surface area contributed by atoms with Crippen molar-refractivity contribution in [1.82, 2.24) is 4.72 Å². The van der Waals surface area contributed by atoms with Crippen molar-refractivity contribution in [1.29, 1.82) is 0 Å². The SMILES string of the molecule is COCCNS(=O)(=O)N(C)c1ccc(N)cc1C(=O)O. The molecule has 1 aromatic carbocycles. The average molecular weight is 303 g/mol. The predicted octanol–water partition coefficient (Wildman–Crippen LogP) is -0.116. The summed E-state index contributed by atoms with van der Waals surface area (Å²) in [5.74, 6) is -1.26. The van der Waals surface area contributed by atoms with Gasteiger partial charge in [0.05, 0.1) is 17.9 Å². The molecule has 0 aliphatic heterocycles. The van der Waals surface area contributed by atoms with Gasteiger partial charge in [-0.1, -0.05) is 0 Å². The van der Waals surface area contributed by atoms with Gasteiger partial charge in [0.2, 0.25) is 0 Å². The maximum atomic E-state index is 12.0. The number of ether oxygens (including phenoxy) is 1. The number of anilines is 2. The average Bonchev–Trinajstić information content (AvgIpc) is 2.38. The first kappa shape index (κ1) is 16.2. The fraction of sp³-hybridized carbons (Fsp3) is 0.364. The van der Waals surface area contributed by atoms with Crippen LogP contribution in [0.15, 0.2) is 18.2 Å². The zero-order valence-corrected chi connectivity index (χ0v) is 12.0. The van der Waals surface area contributed by atoms with Crippen molar-refractivity contribution in [2.45, 2.75) is 0 Å². The van der Waals surface area contributed by atoms with Crippen LogP contribution in [0.3, 0.4) is 0 Å². The Kier molecular flexibility index (Phi) is 5.31. The molecule has 0 saturated heterocycles. The van der Waals surface area contributed by atoms with Gasteiger partial charge >= 0.3 is 16.2 Å². The third kappa shape index (κ3) is 3.83. The minimum Gasteiger partial charge on any atom is -0.478 e. The van der Waals surface area contributed by atoms with Crippen LogP contribution in [0.25, 0.3) is 0 Å². The number of nitrogens with one attached hydrogen (secondary N) is 1. The first-order chi connectivity index (χ1) is 9.29. The summed E-state index contributed by atoms with van der Waals surface area (Å²) in [4.78, 5) is 11.1. The van der Waals surface area contributed by atoms with Crippen LogP contribution in [0.5, 0.6) is 0 Å². The van der Waals surface area contributed by atoms with Gasteiger partial charge in [0.15, 0.2) is 0 Å². The van der Waals surface area contributed by atoms with Crippen LogP contribution < -0.4 is 14.8 Å². The topological polar surface area (TPSA) is 122 Å². The summed E-state index contributed by atoms with van der Waals surface area (Å²) >= 11 is 0. The second-order valence-electron chi connectivity index (χ2n) is 3.94. The van der Waals surface area contributed by atoms with Gasteiger partial charge < -0.3 is 15.6 Å². The number of aromatic carboxylic acids is 1. The van der Waals surface area contributed by atoms with Crippen molar-refractivity contribution in [3.8, 4) is 0 Å². The maximum Gasteiger partial charge on any atom is 0.337 e. The first-order valence-corrected chi connectivity index (χ1v) is 7.09. The zero-order chi connectivity index (χ0) is 15.3. The predicted molar refractivity (Wildman–Crippen MR) is 75.0 cm³/mol. The highest BCUT2D eigenvalue weighted by Gasteiger charge is 2.22. The lowest BCUT2D eigenvalue weighted by molar-refractivity contribution is 0.0698. The molecule has 0 aromatic heterocycles. The minimum atomic E-state index is -3.86. The van der Waals surface area contributed by atoms with E-state index in [9.17, 15) is 13.2 Å². The molecule has 0 unspecified atom stereocenters. The molecule has 9 heteroatoms. The smallest absolute Gasteiger partial charge is 0.337 e. The van der Waals surface area contributed by atoms with E-state index in [1.165, 1.54) is 32.4 Å². The molecule has 1 aromatic rings. The Morgan fingerprint density at radius 3 is 2.70 bits per heavy atom. The van der Waals surface area contributed by atoms with Crippen molar-refractivity contribution in [2.24, 2.45) is 0 Å². The van der Waals surface area contributed by atoms with E-state index < -0.39 is 16.2 Å². The molecule has 112 valence electrons. The van der Waals surface area contributed by atoms with Crippen molar-refractivity contribution < 1.29 is 23.1 Å². The summed E-state index contributed by atoms with van der Waals surface area (Å²) in [6.07, 6.45) is 0. The van der Waals surface area contributed by atoms with E-state index in [1.807, 2.05) is 0 Å². The molecule has 20 heavy (non-hydrogen) atoms. The van der Waals surface area contributed by atoms with Crippen molar-refractivity contribution in [3.05, 3.63) is 23.8 Å². The number of methoxy groups -OCH3 is 1. The number of hydrogen-bond acceptors (Lipinski definition) is 5. The molecule has 4 N–H and O–H groups in total. The highest BCUT2D eigenvalue weighted by molar-refractivity contribution is 7.90. The lowest BCUT2D eigenvalue weighted by Crippen LogP contribution is -2.40. The standard InChI is InChI=1S/C11H17N3O5S/c1-14(20(17,18)13-5-6-19-2)10-4-3-8(12)7-9(10)11(15)16/h3-4,7,13H,5-6,12H2,1-2H3,(H,15,16). The molecule has 0 atom stereocenters. The van der Waals surface area contributed by atoms with Crippen molar-refractivity contribution in [2.75, 3.05) is 37.3 Å². The minimum absolute atomic E-state index is 0.0246. The Morgan fingerprint density at radius 1 is 1.50 bits per heavy atom. The van der Waals surface area contributed by atoms with Crippen molar-refractivity contribution >= 4 is 27.6 Å². The first-order valence-electron chi connectivity index (χ1n) is 5.65. The highest BCUT2D eigenvalue weighted by atomic mass is 32.2. The van der Waals surface area contributed by atoms with E-state index in [0.717, 1.165) is 4.31 Å². The number of nitrogens with zero attached hydrogens (tertiary/aromatic N) is 1. The van der Waals surface area contributed by atoms with Gasteiger partial charge in [-0.3, -0.25) is 4.31 Å². The normalized spacial score (nSPS) is 11.3. The van der Waals surface area contributed by atoms with Crippen molar-refractivity contribution in [3.63, 3.8) is 0 Å². The number of carbonyl (C=O) groups is 1. The van der Waals surface area contributed by atoms with E-state index >= 15 is 0 Å². The van der Waals surface area contributed by atoms with Gasteiger partial charge in [-0.2, -0.15) is 13.1 Å². The number of nitrogen functional groups attached to an aromatic ring is 1. The highest BCUT2D eigenvalue weighted by Crippen LogP contribution is 2.23. The molecule has 0 fully saturated rings. The zero-order valence-electron chi connectivity index (χ0n) is 11.2. The van der Waals surface area contributed by atoms with E-state index in [1.54, 1.807) is 0 Å². The summed E-state index contributed by atoms with van der Waals surface area (Å²) in [7, 11) is -1.15. The van der Waals surface area contributed by atoms with Gasteiger partial charge in [-0.25, -0.2) is 4.79 Å². The van der Waals surface area contributed by atoms with Gasteiger partial charge in [0, 0.05) is 26.4 Å². The monoisotopic (exact) mass is 303 g/mol. The molecule has 0 saturated carbocycles. The Balaban J connectivity index is 3.08. The van der Waals surface area contributed by atoms with Crippen LogP contribution in [-0.2, 0) is 14.9 Å². The van der Waals surface area contributed by atoms with E-state index in [0.29, 0.717) is 0 Å². The summed E-state index contributed by atoms with van der Waals surface area (Å²) in [5.41, 5.74) is 5.58. The molecule has 0 aliphatic rings. The van der Waals surface area contributed by atoms with Crippen LogP contribution in [0.1, 0.15) is 10.4 Å². The molecule has 0 spiro atoms. The van der Waals surface area contributed by atoms with E-state index in [-0.39, 0.29) is 30.1 Å². The Labute approximate surface area is 117 Å². The van der Waals surface area contributed by atoms with Gasteiger partial charge in [0.25, 0.3) is 0 Å². The number of benzene rings is 1. The van der Waals surface area contributed by atoms with Crippen LogP contribution in [0.2, 0.25) is 0 Å². The van der Waals surface area contributed by atoms with Gasteiger partial charge in [0.1, 0.15) is 0 Å². The Bertz CT molecular complexity index is 588. The number of nitrogens with two attached hydrogens (primary N) is 1. The molecule has 0 radical (unpaired) electrons. The summed E-state index contributed by atoms with van der Waals surface area (Å²) < 4.78 is 31.9. The van der Waals surface area contributed by atoms with Crippen LogP contribution >= 0.6 is 0 Å². The molecule has 0 bridgehead atoms. The molecule has 0 heterocycles. The fourth-order valence-electron chi connectivity index (χ4n) is 1.50. The number of carboxylic acid groups (broad SMARTS) is 1. The van der Waals surface area contributed by atoms with E-state index in [2.05, 4.69) is 4.72 Å². The van der Waals surface area contributed by atoms with E-state index in [4.69, 9.17) is 15.6 Å². The Hall–Kier alpha value is -1.84. The van der Waals surface area contributed by atoms with Gasteiger partial charge in [-0.05, 0) is 18.2 Å². The number of hydrogen-bond donors (Lipinski definition) is 3. The molecular weight excluding hydrogens is 286 g/mol. The second kappa shape index (κ2) is 6.55. The molecule has 8 nitrogen and oxygen atoms in total. The third-order valence-electron chi connectivity index (χ3n) is 2.54. The third-order valence-corrected chi connectivity index (χ3v) is 4.03. The summed E-state index contributed by atoms with van der Waals surface area (Å²) in [6, 6.07) is 3.98. The lowest BCUT2D eigenvalue weighted by Gasteiger charge is -2.21. The van der Waals surface area contributed by atoms with Crippen LogP contribution in [-0.4, -0.2) is 46.8 Å². The fourth-order valence-corrected chi connectivity index (χ4v) is 2.45. The number of carboxylic acids is 1. The number of rotatable bonds is 7. The molecule has 0 amide bonds. The van der Waals surface area contributed by atoms with Gasteiger partial charge in [-0.15, -0.1) is 0 Å². The molecule has 1 rings (SSSR count). The Morgan fingerprint density at radius 2 is 2.15 bits per heavy atom. The van der Waals surface area contributed by atoms with Crippen LogP contribution in [0.4, 0.5) is 11.4 Å². The molecular formula is C11H17N3O5S. The maximum absolute atomic E-state index is 12.0. The summed E-state index contributed by atoms with van der Waals surface area (Å²) in [5, 5.41) is 9.10. The molecule has 0 aliphatic carbocycles. The second-order valence-corrected chi connectivity index (χ2v) is 5.73. The quantitative estimate of drug-likeness (QED) is 0.477. The summed E-state index contributed by atoms with van der Waals surface area (Å²) in [6.45, 7) is 0.293. The van der Waals surface area contributed by atoms with Crippen LogP contribution in [0, 0.1) is 0 Å².